The van der Waals surface area contributed by atoms with E-state index in [0.717, 1.165) is 18.0 Å². The molecule has 0 saturated heterocycles. The van der Waals surface area contributed by atoms with Crippen LogP contribution < -0.4 is 16.0 Å². The van der Waals surface area contributed by atoms with Gasteiger partial charge in [0.15, 0.2) is 0 Å². The van der Waals surface area contributed by atoms with Crippen molar-refractivity contribution in [3.05, 3.63) is 11.4 Å². The summed E-state index contributed by atoms with van der Waals surface area (Å²) in [6.07, 6.45) is 0.828. The number of hydrogen-bond acceptors (Lipinski definition) is 6. The first-order valence-electron chi connectivity index (χ1n) is 7.41. The zero-order valence-corrected chi connectivity index (χ0v) is 14.1. The number of nitrogens with one attached hydrogen (secondary N) is 4. The predicted molar refractivity (Wildman–Crippen MR) is 87.6 cm³/mol. The second-order valence-corrected chi connectivity index (χ2v) is 6.47. The maximum atomic E-state index is 8.13. The number of ether oxygens (including phenoxy) is 1. The first kappa shape index (κ1) is 17.3. The third kappa shape index (κ3) is 6.51. The molecule has 0 unspecified atom stereocenters. The van der Waals surface area contributed by atoms with Gasteiger partial charge in [-0.2, -0.15) is 0 Å². The lowest BCUT2D eigenvalue weighted by atomic mass is 10.1. The molecular weight excluding hydrogens is 266 g/mol. The standard InChI is InChI=1S/C15H29N5O/c1-10-7-8-21-14(16)13(11(2)20-15(4,5)6)18-9-17-12(3)19-10/h10,16,18,20H,7-9H2,1-6H3,(H,17,19)/b13-11+,16-14?/t10-/m1/s1. The van der Waals surface area contributed by atoms with E-state index in [-0.39, 0.29) is 17.5 Å². The van der Waals surface area contributed by atoms with Crippen LogP contribution in [0.4, 0.5) is 0 Å². The molecular formula is C15H29N5O. The number of rotatable bonds is 1. The molecule has 0 aromatic rings. The van der Waals surface area contributed by atoms with Crippen LogP contribution in [0.25, 0.3) is 0 Å². The van der Waals surface area contributed by atoms with Crippen molar-refractivity contribution >= 4 is 11.7 Å². The summed E-state index contributed by atoms with van der Waals surface area (Å²) < 4.78 is 5.56. The second-order valence-electron chi connectivity index (χ2n) is 6.47. The van der Waals surface area contributed by atoms with Crippen LogP contribution >= 0.6 is 0 Å². The van der Waals surface area contributed by atoms with Gasteiger partial charge < -0.3 is 20.7 Å². The normalized spacial score (nSPS) is 26.3. The lowest BCUT2D eigenvalue weighted by molar-refractivity contribution is 0.280. The van der Waals surface area contributed by atoms with Crippen LogP contribution in [0.5, 0.6) is 0 Å². The number of nitrogens with zero attached hydrogens (tertiary/aromatic N) is 1. The van der Waals surface area contributed by atoms with Crippen LogP contribution in [0.3, 0.4) is 0 Å². The van der Waals surface area contributed by atoms with Gasteiger partial charge in [-0.25, -0.2) is 0 Å². The van der Waals surface area contributed by atoms with Crippen molar-refractivity contribution in [2.45, 2.75) is 59.5 Å². The molecule has 120 valence electrons. The molecule has 0 amide bonds. The Bertz CT molecular complexity index is 434. The van der Waals surface area contributed by atoms with E-state index in [1.54, 1.807) is 0 Å². The molecule has 4 N–H and O–H groups in total. The minimum Gasteiger partial charge on any atom is -0.476 e. The maximum absolute atomic E-state index is 8.13. The molecule has 6 nitrogen and oxygen atoms in total. The first-order valence-corrected chi connectivity index (χ1v) is 7.41. The Kier molecular flexibility index (Phi) is 6.05. The van der Waals surface area contributed by atoms with Gasteiger partial charge >= 0.3 is 0 Å². The van der Waals surface area contributed by atoms with Gasteiger partial charge in [-0.05, 0) is 41.5 Å². The van der Waals surface area contributed by atoms with Crippen molar-refractivity contribution in [1.82, 2.24) is 16.0 Å². The molecule has 0 fully saturated rings. The molecule has 1 aliphatic heterocycles. The van der Waals surface area contributed by atoms with Crippen LogP contribution in [0.15, 0.2) is 16.4 Å². The Hall–Kier alpha value is -1.72. The Morgan fingerprint density at radius 1 is 1.43 bits per heavy atom. The highest BCUT2D eigenvalue weighted by Crippen LogP contribution is 2.09. The quantitative estimate of drug-likeness (QED) is 0.596. The maximum Gasteiger partial charge on any atom is 0.231 e. The number of hydrogen-bond donors (Lipinski definition) is 4. The van der Waals surface area contributed by atoms with E-state index in [0.29, 0.717) is 19.0 Å². The van der Waals surface area contributed by atoms with Gasteiger partial charge in [0, 0.05) is 23.7 Å². The van der Waals surface area contributed by atoms with E-state index in [4.69, 9.17) is 10.1 Å². The van der Waals surface area contributed by atoms with E-state index < -0.39 is 0 Å². The average Bonchev–Trinajstić information content (AvgIpc) is 2.33. The topological polar surface area (TPSA) is 81.5 Å². The minimum absolute atomic E-state index is 0.0689. The van der Waals surface area contributed by atoms with E-state index in [1.807, 2.05) is 13.8 Å². The molecule has 0 radical (unpaired) electrons. The van der Waals surface area contributed by atoms with Crippen LogP contribution in [0.2, 0.25) is 0 Å². The van der Waals surface area contributed by atoms with Crippen molar-refractivity contribution < 1.29 is 4.74 Å². The fourth-order valence-electron chi connectivity index (χ4n) is 2.13. The smallest absolute Gasteiger partial charge is 0.231 e. The Labute approximate surface area is 127 Å². The molecule has 0 aromatic heterocycles. The minimum atomic E-state index is -0.0689. The van der Waals surface area contributed by atoms with Crippen LogP contribution in [-0.4, -0.2) is 36.6 Å². The van der Waals surface area contributed by atoms with E-state index in [1.165, 1.54) is 0 Å². The fourth-order valence-corrected chi connectivity index (χ4v) is 2.13. The Balaban J connectivity index is 2.93. The molecule has 1 aliphatic rings. The first-order chi connectivity index (χ1) is 9.69. The van der Waals surface area contributed by atoms with E-state index in [9.17, 15) is 0 Å². The van der Waals surface area contributed by atoms with E-state index in [2.05, 4.69) is 48.6 Å². The van der Waals surface area contributed by atoms with Crippen molar-refractivity contribution in [1.29, 1.82) is 5.41 Å². The molecule has 0 aliphatic carbocycles. The van der Waals surface area contributed by atoms with Crippen LogP contribution in [-0.2, 0) is 4.74 Å². The Morgan fingerprint density at radius 3 is 2.71 bits per heavy atom. The molecule has 1 atom stereocenters. The summed E-state index contributed by atoms with van der Waals surface area (Å²) in [4.78, 5) is 4.42. The molecule has 0 saturated carbocycles. The Morgan fingerprint density at radius 2 is 2.10 bits per heavy atom. The lowest BCUT2D eigenvalue weighted by Gasteiger charge is -2.25. The SMILES string of the molecule is C/C1=N\CN/C(=C(\C)NC(C)(C)C)C(=N)OCC[C@@H](C)N1. The van der Waals surface area contributed by atoms with Crippen molar-refractivity contribution in [2.24, 2.45) is 4.99 Å². The van der Waals surface area contributed by atoms with Crippen molar-refractivity contribution in [3.8, 4) is 0 Å². The molecule has 0 bridgehead atoms. The fraction of sp³-hybridized carbons (Fsp3) is 0.733. The van der Waals surface area contributed by atoms with E-state index >= 15 is 0 Å². The third-order valence-electron chi connectivity index (χ3n) is 2.99. The number of amidine groups is 1. The summed E-state index contributed by atoms with van der Waals surface area (Å²) >= 11 is 0. The van der Waals surface area contributed by atoms with Crippen molar-refractivity contribution in [3.63, 3.8) is 0 Å². The summed E-state index contributed by atoms with van der Waals surface area (Å²) in [6, 6.07) is 0.279. The molecule has 1 heterocycles. The van der Waals surface area contributed by atoms with Crippen LogP contribution in [0, 0.1) is 5.41 Å². The van der Waals surface area contributed by atoms with Gasteiger partial charge in [0.25, 0.3) is 0 Å². The van der Waals surface area contributed by atoms with Gasteiger partial charge in [0.1, 0.15) is 12.4 Å². The third-order valence-corrected chi connectivity index (χ3v) is 2.99. The van der Waals surface area contributed by atoms with Gasteiger partial charge in [0.05, 0.1) is 12.4 Å². The predicted octanol–water partition coefficient (Wildman–Crippen LogP) is 1.95. The molecule has 21 heavy (non-hydrogen) atoms. The summed E-state index contributed by atoms with van der Waals surface area (Å²) in [5, 5.41) is 18.0. The molecule has 0 spiro atoms. The molecule has 0 aromatic carbocycles. The lowest BCUT2D eigenvalue weighted by Crippen LogP contribution is -2.38. The van der Waals surface area contributed by atoms with Gasteiger partial charge in [-0.3, -0.25) is 10.4 Å². The second kappa shape index (κ2) is 7.33. The highest BCUT2D eigenvalue weighted by Gasteiger charge is 2.16. The highest BCUT2D eigenvalue weighted by molar-refractivity contribution is 5.91. The zero-order valence-electron chi connectivity index (χ0n) is 14.1. The molecule has 1 rings (SSSR count). The zero-order chi connectivity index (χ0) is 16.0. The van der Waals surface area contributed by atoms with Gasteiger partial charge in [0.2, 0.25) is 5.90 Å². The summed E-state index contributed by atoms with van der Waals surface area (Å²) in [7, 11) is 0. The monoisotopic (exact) mass is 295 g/mol. The number of aliphatic imine (C=N–C) groups is 1. The average molecular weight is 295 g/mol. The largest absolute Gasteiger partial charge is 0.476 e. The van der Waals surface area contributed by atoms with Crippen LogP contribution in [0.1, 0.15) is 48.0 Å². The van der Waals surface area contributed by atoms with Crippen molar-refractivity contribution in [2.75, 3.05) is 13.3 Å². The molecule has 6 heteroatoms. The summed E-state index contributed by atoms with van der Waals surface area (Å²) in [5.41, 5.74) is 1.48. The highest BCUT2D eigenvalue weighted by atomic mass is 16.5. The summed E-state index contributed by atoms with van der Waals surface area (Å²) in [5.74, 6) is 1.05. The van der Waals surface area contributed by atoms with Gasteiger partial charge in [-0.1, -0.05) is 0 Å². The number of allylic oxidation sites excluding steroid dienone is 1. The summed E-state index contributed by atoms with van der Waals surface area (Å²) in [6.45, 7) is 13.2. The van der Waals surface area contributed by atoms with Gasteiger partial charge in [-0.15, -0.1) is 0 Å².